The number of benzene rings is 2. The molecule has 2 rings (SSSR count). The van der Waals surface area contributed by atoms with E-state index in [2.05, 4.69) is 15.9 Å². The van der Waals surface area contributed by atoms with Gasteiger partial charge in [-0.25, -0.2) is 0 Å². The molecular weight excluding hydrogens is 379 g/mol. The van der Waals surface area contributed by atoms with Gasteiger partial charge in [0, 0.05) is 10.0 Å². The van der Waals surface area contributed by atoms with Gasteiger partial charge in [-0.3, -0.25) is 4.79 Å². The maximum Gasteiger partial charge on any atom is 0.252 e. The van der Waals surface area contributed by atoms with Gasteiger partial charge in [0.05, 0.1) is 12.1 Å². The van der Waals surface area contributed by atoms with E-state index >= 15 is 0 Å². The molecule has 3 nitrogen and oxygen atoms in total. The van der Waals surface area contributed by atoms with E-state index in [1.807, 2.05) is 24.3 Å². The summed E-state index contributed by atoms with van der Waals surface area (Å²) in [6, 6.07) is 10.7. The summed E-state index contributed by atoms with van der Waals surface area (Å²) in [5.74, 6) is 0.743. The third-order valence-electron chi connectivity index (χ3n) is 2.75. The molecule has 0 aliphatic rings. The molecule has 0 aliphatic carbocycles. The molecule has 2 aromatic carbocycles. The van der Waals surface area contributed by atoms with E-state index in [1.54, 1.807) is 0 Å². The standard InChI is InChI=1S/C15H11BrCl2O3/c1-20-13-7-10(15(18)19)6-12(17)14(13)21-8-9-2-4-11(16)5-3-9/h2-7H,8H2,1H3. The lowest BCUT2D eigenvalue weighted by Gasteiger charge is -2.13. The zero-order chi connectivity index (χ0) is 15.4. The smallest absolute Gasteiger partial charge is 0.252 e. The summed E-state index contributed by atoms with van der Waals surface area (Å²) < 4.78 is 11.9. The molecule has 0 fully saturated rings. The van der Waals surface area contributed by atoms with Crippen LogP contribution < -0.4 is 9.47 Å². The van der Waals surface area contributed by atoms with Gasteiger partial charge in [-0.05, 0) is 41.4 Å². The molecule has 110 valence electrons. The van der Waals surface area contributed by atoms with Crippen molar-refractivity contribution in [2.75, 3.05) is 7.11 Å². The highest BCUT2D eigenvalue weighted by atomic mass is 79.9. The zero-order valence-electron chi connectivity index (χ0n) is 11.0. The molecule has 0 amide bonds. The van der Waals surface area contributed by atoms with E-state index in [9.17, 15) is 4.79 Å². The van der Waals surface area contributed by atoms with Crippen LogP contribution in [0.4, 0.5) is 0 Å². The van der Waals surface area contributed by atoms with Crippen LogP contribution in [-0.4, -0.2) is 12.4 Å². The summed E-state index contributed by atoms with van der Waals surface area (Å²) in [5.41, 5.74) is 1.24. The number of methoxy groups -OCH3 is 1. The molecule has 6 heteroatoms. The third kappa shape index (κ3) is 4.13. The summed E-state index contributed by atoms with van der Waals surface area (Å²) in [7, 11) is 1.47. The van der Waals surface area contributed by atoms with Crippen LogP contribution in [0.2, 0.25) is 5.02 Å². The maximum absolute atomic E-state index is 11.2. The fraction of sp³-hybridized carbons (Fsp3) is 0.133. The number of ether oxygens (including phenoxy) is 2. The van der Waals surface area contributed by atoms with Gasteiger partial charge in [0.2, 0.25) is 0 Å². The normalized spacial score (nSPS) is 10.3. The van der Waals surface area contributed by atoms with Crippen molar-refractivity contribution in [3.63, 3.8) is 0 Å². The van der Waals surface area contributed by atoms with Crippen LogP contribution in [0, 0.1) is 0 Å². The molecule has 0 aromatic heterocycles. The average Bonchev–Trinajstić information content (AvgIpc) is 2.46. The Morgan fingerprint density at radius 2 is 1.90 bits per heavy atom. The summed E-state index contributed by atoms with van der Waals surface area (Å²) in [6.45, 7) is 0.331. The molecule has 0 N–H and O–H groups in total. The van der Waals surface area contributed by atoms with Crippen LogP contribution in [0.5, 0.6) is 11.5 Å². The van der Waals surface area contributed by atoms with E-state index in [4.69, 9.17) is 32.7 Å². The molecular formula is C15H11BrCl2O3. The Balaban J connectivity index is 2.23. The molecule has 0 saturated heterocycles. The molecule has 0 aliphatic heterocycles. The van der Waals surface area contributed by atoms with Crippen LogP contribution in [0.25, 0.3) is 0 Å². The first kappa shape index (κ1) is 16.1. The Kier molecular flexibility index (Phi) is 5.51. The number of hydrogen-bond donors (Lipinski definition) is 0. The molecule has 0 radical (unpaired) electrons. The highest BCUT2D eigenvalue weighted by Gasteiger charge is 2.15. The highest BCUT2D eigenvalue weighted by Crippen LogP contribution is 2.37. The molecule has 0 unspecified atom stereocenters. The van der Waals surface area contributed by atoms with E-state index in [0.29, 0.717) is 18.1 Å². The van der Waals surface area contributed by atoms with Crippen LogP contribution in [-0.2, 0) is 6.61 Å². The van der Waals surface area contributed by atoms with Gasteiger partial charge in [-0.1, -0.05) is 39.7 Å². The van der Waals surface area contributed by atoms with Crippen molar-refractivity contribution < 1.29 is 14.3 Å². The first-order valence-electron chi connectivity index (χ1n) is 5.96. The molecule has 0 heterocycles. The fourth-order valence-electron chi connectivity index (χ4n) is 1.71. The number of rotatable bonds is 5. The lowest BCUT2D eigenvalue weighted by Crippen LogP contribution is -2.00. The second-order valence-corrected chi connectivity index (χ2v) is 5.84. The van der Waals surface area contributed by atoms with Gasteiger partial charge in [-0.15, -0.1) is 0 Å². The Bertz CT molecular complexity index is 657. The molecule has 0 bridgehead atoms. The third-order valence-corrected chi connectivity index (χ3v) is 3.78. The predicted molar refractivity (Wildman–Crippen MR) is 86.7 cm³/mol. The molecule has 0 spiro atoms. The van der Waals surface area contributed by atoms with Crippen LogP contribution in [0.1, 0.15) is 15.9 Å². The summed E-state index contributed by atoms with van der Waals surface area (Å²) in [5, 5.41) is -0.329. The molecule has 0 atom stereocenters. The fourth-order valence-corrected chi connectivity index (χ4v) is 2.35. The monoisotopic (exact) mass is 388 g/mol. The number of halogens is 3. The Morgan fingerprint density at radius 1 is 1.24 bits per heavy atom. The lowest BCUT2D eigenvalue weighted by atomic mass is 10.2. The van der Waals surface area contributed by atoms with Crippen molar-refractivity contribution in [1.82, 2.24) is 0 Å². The topological polar surface area (TPSA) is 35.5 Å². The second-order valence-electron chi connectivity index (χ2n) is 4.18. The highest BCUT2D eigenvalue weighted by molar-refractivity contribution is 9.10. The lowest BCUT2D eigenvalue weighted by molar-refractivity contribution is 0.108. The Labute approximate surface area is 140 Å². The predicted octanol–water partition coefficient (Wildman–Crippen LogP) is 5.07. The van der Waals surface area contributed by atoms with Crippen LogP contribution in [0.3, 0.4) is 0 Å². The van der Waals surface area contributed by atoms with Crippen molar-refractivity contribution in [2.45, 2.75) is 6.61 Å². The minimum Gasteiger partial charge on any atom is -0.493 e. The van der Waals surface area contributed by atoms with Crippen molar-refractivity contribution in [1.29, 1.82) is 0 Å². The number of carbonyl (C=O) groups is 1. The summed E-state index contributed by atoms with van der Waals surface area (Å²) in [6.07, 6.45) is 0. The second kappa shape index (κ2) is 7.16. The zero-order valence-corrected chi connectivity index (χ0v) is 14.1. The van der Waals surface area contributed by atoms with Crippen LogP contribution in [0.15, 0.2) is 40.9 Å². The van der Waals surface area contributed by atoms with E-state index in [1.165, 1.54) is 19.2 Å². The van der Waals surface area contributed by atoms with E-state index in [-0.39, 0.29) is 10.6 Å². The van der Waals surface area contributed by atoms with Gasteiger partial charge < -0.3 is 9.47 Å². The van der Waals surface area contributed by atoms with Gasteiger partial charge in [-0.2, -0.15) is 0 Å². The quantitative estimate of drug-likeness (QED) is 0.669. The van der Waals surface area contributed by atoms with Crippen molar-refractivity contribution >= 4 is 44.4 Å². The average molecular weight is 390 g/mol. The number of hydrogen-bond acceptors (Lipinski definition) is 3. The van der Waals surface area contributed by atoms with Crippen molar-refractivity contribution in [2.24, 2.45) is 0 Å². The summed E-state index contributed by atoms with van der Waals surface area (Å²) in [4.78, 5) is 11.2. The largest absolute Gasteiger partial charge is 0.493 e. The SMILES string of the molecule is COc1cc(C(=O)Cl)cc(Cl)c1OCc1ccc(Br)cc1. The van der Waals surface area contributed by atoms with Gasteiger partial charge in [0.25, 0.3) is 5.24 Å². The number of carbonyl (C=O) groups excluding carboxylic acids is 1. The maximum atomic E-state index is 11.2. The first-order chi connectivity index (χ1) is 10.0. The van der Waals surface area contributed by atoms with Gasteiger partial charge in [0.1, 0.15) is 6.61 Å². The van der Waals surface area contributed by atoms with Gasteiger partial charge in [0.15, 0.2) is 11.5 Å². The minimum absolute atomic E-state index is 0.259. The first-order valence-corrected chi connectivity index (χ1v) is 7.50. The minimum atomic E-state index is -0.602. The summed E-state index contributed by atoms with van der Waals surface area (Å²) >= 11 is 14.9. The van der Waals surface area contributed by atoms with Crippen LogP contribution >= 0.6 is 39.1 Å². The Morgan fingerprint density at radius 3 is 2.48 bits per heavy atom. The van der Waals surface area contributed by atoms with Gasteiger partial charge >= 0.3 is 0 Å². The van der Waals surface area contributed by atoms with Crippen molar-refractivity contribution in [3.8, 4) is 11.5 Å². The van der Waals surface area contributed by atoms with E-state index in [0.717, 1.165) is 10.0 Å². The molecule has 0 saturated carbocycles. The molecule has 2 aromatic rings. The Hall–Kier alpha value is -1.23. The van der Waals surface area contributed by atoms with Crippen molar-refractivity contribution in [3.05, 3.63) is 57.0 Å². The van der Waals surface area contributed by atoms with E-state index < -0.39 is 5.24 Å². The molecule has 21 heavy (non-hydrogen) atoms.